The number of anilines is 1. The molecule has 0 bridgehead atoms. The lowest BCUT2D eigenvalue weighted by Crippen LogP contribution is -1.94. The first kappa shape index (κ1) is 15.7. The molecule has 0 heterocycles. The molecule has 0 aromatic heterocycles. The summed E-state index contributed by atoms with van der Waals surface area (Å²) in [7, 11) is 0. The molecule has 0 saturated carbocycles. The van der Waals surface area contributed by atoms with E-state index in [9.17, 15) is 0 Å². The molecule has 108 valence electrons. The molecule has 4 nitrogen and oxygen atoms in total. The Balaban J connectivity index is 2.27. The molecule has 0 spiro atoms. The van der Waals surface area contributed by atoms with Crippen LogP contribution in [0.15, 0.2) is 54.2 Å². The number of hydrogen-bond donors (Lipinski definition) is 1. The Hall–Kier alpha value is -2.66. The number of para-hydroxylation sites is 2. The standard InChI is InChI=1S/C16H9Cl2N3O/c17-12-5-6-15(13(18)7-12)22-16-4-2-1-3-14(16)21-10-11(8-19)9-20/h1-7,10,21H. The molecular weight excluding hydrogens is 321 g/mol. The lowest BCUT2D eigenvalue weighted by atomic mass is 10.2. The molecule has 2 rings (SSSR count). The highest BCUT2D eigenvalue weighted by atomic mass is 35.5. The number of allylic oxidation sites excluding steroid dienone is 1. The monoisotopic (exact) mass is 329 g/mol. The lowest BCUT2D eigenvalue weighted by Gasteiger charge is -2.12. The van der Waals surface area contributed by atoms with Crippen molar-refractivity contribution in [2.45, 2.75) is 0 Å². The first-order chi connectivity index (χ1) is 10.6. The average Bonchev–Trinajstić information content (AvgIpc) is 2.52. The molecule has 0 aliphatic carbocycles. The molecule has 2 aromatic carbocycles. The minimum atomic E-state index is -0.0423. The Kier molecular flexibility index (Phi) is 5.27. The molecule has 0 saturated heterocycles. The molecule has 0 aliphatic rings. The quantitative estimate of drug-likeness (QED) is 0.789. The van der Waals surface area contributed by atoms with Crippen LogP contribution in [0.25, 0.3) is 0 Å². The molecule has 0 unspecified atom stereocenters. The summed E-state index contributed by atoms with van der Waals surface area (Å²) in [6.07, 6.45) is 1.31. The SMILES string of the molecule is N#CC(C#N)=CNc1ccccc1Oc1ccc(Cl)cc1Cl. The van der Waals surface area contributed by atoms with Crippen LogP contribution < -0.4 is 10.1 Å². The fourth-order valence-electron chi connectivity index (χ4n) is 1.59. The van der Waals surface area contributed by atoms with Gasteiger partial charge in [-0.25, -0.2) is 0 Å². The number of benzene rings is 2. The van der Waals surface area contributed by atoms with Crippen LogP contribution in [0.4, 0.5) is 5.69 Å². The van der Waals surface area contributed by atoms with E-state index in [0.717, 1.165) is 0 Å². The zero-order valence-electron chi connectivity index (χ0n) is 11.2. The van der Waals surface area contributed by atoms with Crippen molar-refractivity contribution in [2.75, 3.05) is 5.32 Å². The maximum absolute atomic E-state index is 8.73. The van der Waals surface area contributed by atoms with E-state index in [2.05, 4.69) is 5.32 Å². The molecule has 1 N–H and O–H groups in total. The molecule has 6 heteroatoms. The highest BCUT2D eigenvalue weighted by Crippen LogP contribution is 2.34. The van der Waals surface area contributed by atoms with Gasteiger partial charge in [-0.2, -0.15) is 10.5 Å². The van der Waals surface area contributed by atoms with Gasteiger partial charge in [-0.15, -0.1) is 0 Å². The van der Waals surface area contributed by atoms with E-state index >= 15 is 0 Å². The van der Waals surface area contributed by atoms with Crippen molar-refractivity contribution < 1.29 is 4.74 Å². The number of halogens is 2. The largest absolute Gasteiger partial charge is 0.454 e. The predicted molar refractivity (Wildman–Crippen MR) is 85.9 cm³/mol. The number of rotatable bonds is 4. The topological polar surface area (TPSA) is 68.8 Å². The fourth-order valence-corrected chi connectivity index (χ4v) is 2.04. The Morgan fingerprint density at radius 3 is 2.45 bits per heavy atom. The van der Waals surface area contributed by atoms with Gasteiger partial charge < -0.3 is 10.1 Å². The van der Waals surface area contributed by atoms with Gasteiger partial charge in [-0.3, -0.25) is 0 Å². The zero-order valence-corrected chi connectivity index (χ0v) is 12.7. The summed E-state index contributed by atoms with van der Waals surface area (Å²) in [6.45, 7) is 0. The Morgan fingerprint density at radius 1 is 1.05 bits per heavy atom. The maximum atomic E-state index is 8.73. The van der Waals surface area contributed by atoms with Crippen LogP contribution in [-0.4, -0.2) is 0 Å². The maximum Gasteiger partial charge on any atom is 0.150 e. The molecule has 0 fully saturated rings. The van der Waals surface area contributed by atoms with E-state index in [1.165, 1.54) is 6.20 Å². The third-order valence-electron chi connectivity index (χ3n) is 2.61. The van der Waals surface area contributed by atoms with Gasteiger partial charge in [0.15, 0.2) is 5.75 Å². The van der Waals surface area contributed by atoms with Crippen LogP contribution in [0.3, 0.4) is 0 Å². The van der Waals surface area contributed by atoms with Gasteiger partial charge in [-0.05, 0) is 30.3 Å². The van der Waals surface area contributed by atoms with Crippen molar-refractivity contribution in [1.29, 1.82) is 10.5 Å². The van der Waals surface area contributed by atoms with Crippen LogP contribution in [0.2, 0.25) is 10.0 Å². The van der Waals surface area contributed by atoms with Crippen molar-refractivity contribution in [1.82, 2.24) is 0 Å². The summed E-state index contributed by atoms with van der Waals surface area (Å²) in [5.74, 6) is 0.947. The summed E-state index contributed by atoms with van der Waals surface area (Å²) in [5, 5.41) is 21.2. The summed E-state index contributed by atoms with van der Waals surface area (Å²) in [5.41, 5.74) is 0.552. The van der Waals surface area contributed by atoms with Gasteiger partial charge in [0, 0.05) is 11.2 Å². The van der Waals surface area contributed by atoms with Crippen molar-refractivity contribution >= 4 is 28.9 Å². The van der Waals surface area contributed by atoms with Crippen molar-refractivity contribution in [3.05, 3.63) is 64.3 Å². The molecule has 22 heavy (non-hydrogen) atoms. The minimum absolute atomic E-state index is 0.0423. The second kappa shape index (κ2) is 7.38. The van der Waals surface area contributed by atoms with E-state index in [1.807, 2.05) is 0 Å². The normalized spacial score (nSPS) is 9.27. The van der Waals surface area contributed by atoms with Crippen LogP contribution in [0.5, 0.6) is 11.5 Å². The van der Waals surface area contributed by atoms with Crippen LogP contribution in [-0.2, 0) is 0 Å². The van der Waals surface area contributed by atoms with Crippen LogP contribution in [0, 0.1) is 22.7 Å². The number of nitrogens with one attached hydrogen (secondary N) is 1. The van der Waals surface area contributed by atoms with E-state index in [0.29, 0.717) is 27.2 Å². The smallest absolute Gasteiger partial charge is 0.150 e. The Labute approximate surface area is 137 Å². The Morgan fingerprint density at radius 2 is 1.77 bits per heavy atom. The highest BCUT2D eigenvalue weighted by Gasteiger charge is 2.07. The van der Waals surface area contributed by atoms with E-state index < -0.39 is 0 Å². The molecule has 0 radical (unpaired) electrons. The number of ether oxygens (including phenoxy) is 1. The summed E-state index contributed by atoms with van der Waals surface area (Å²) < 4.78 is 5.75. The molecule has 0 atom stereocenters. The number of nitriles is 2. The average molecular weight is 330 g/mol. The van der Waals surface area contributed by atoms with Gasteiger partial charge in [0.1, 0.15) is 23.5 Å². The molecule has 2 aromatic rings. The number of nitrogens with zero attached hydrogens (tertiary/aromatic N) is 2. The Bertz CT molecular complexity index is 788. The molecule has 0 aliphatic heterocycles. The van der Waals surface area contributed by atoms with Gasteiger partial charge in [0.2, 0.25) is 0 Å². The van der Waals surface area contributed by atoms with Gasteiger partial charge in [0.05, 0.1) is 10.7 Å². The van der Waals surface area contributed by atoms with Gasteiger partial charge in [-0.1, -0.05) is 35.3 Å². The van der Waals surface area contributed by atoms with Crippen LogP contribution in [0.1, 0.15) is 0 Å². The molecule has 0 amide bonds. The van der Waals surface area contributed by atoms with Crippen LogP contribution >= 0.6 is 23.2 Å². The first-order valence-corrected chi connectivity index (χ1v) is 6.88. The van der Waals surface area contributed by atoms with Gasteiger partial charge in [0.25, 0.3) is 0 Å². The van der Waals surface area contributed by atoms with Gasteiger partial charge >= 0.3 is 0 Å². The van der Waals surface area contributed by atoms with Crippen molar-refractivity contribution in [3.8, 4) is 23.6 Å². The first-order valence-electron chi connectivity index (χ1n) is 6.13. The zero-order chi connectivity index (χ0) is 15.9. The minimum Gasteiger partial charge on any atom is -0.454 e. The summed E-state index contributed by atoms with van der Waals surface area (Å²) in [6, 6.07) is 15.5. The third-order valence-corrected chi connectivity index (χ3v) is 3.14. The van der Waals surface area contributed by atoms with E-state index in [-0.39, 0.29) is 5.57 Å². The van der Waals surface area contributed by atoms with E-state index in [1.54, 1.807) is 54.6 Å². The second-order valence-electron chi connectivity index (χ2n) is 4.10. The molecular formula is C16H9Cl2N3O. The third kappa shape index (κ3) is 3.93. The highest BCUT2D eigenvalue weighted by molar-refractivity contribution is 6.35. The van der Waals surface area contributed by atoms with E-state index in [4.69, 9.17) is 38.5 Å². The second-order valence-corrected chi connectivity index (χ2v) is 4.94. The summed E-state index contributed by atoms with van der Waals surface area (Å²) >= 11 is 11.9. The predicted octanol–water partition coefficient (Wildman–Crippen LogP) is 5.13. The number of hydrogen-bond acceptors (Lipinski definition) is 4. The fraction of sp³-hybridized carbons (Fsp3) is 0. The van der Waals surface area contributed by atoms with Crippen molar-refractivity contribution in [2.24, 2.45) is 0 Å². The lowest BCUT2D eigenvalue weighted by molar-refractivity contribution is 0.485. The van der Waals surface area contributed by atoms with Crippen molar-refractivity contribution in [3.63, 3.8) is 0 Å². The summed E-state index contributed by atoms with van der Waals surface area (Å²) in [4.78, 5) is 0.